The molecule has 0 amide bonds. The summed E-state index contributed by atoms with van der Waals surface area (Å²) in [6, 6.07) is 2.85. The highest BCUT2D eigenvalue weighted by Crippen LogP contribution is 2.57. The van der Waals surface area contributed by atoms with Gasteiger partial charge in [0.15, 0.2) is 0 Å². The van der Waals surface area contributed by atoms with Crippen LogP contribution in [0.2, 0.25) is 0 Å². The fourth-order valence-electron chi connectivity index (χ4n) is 5.51. The lowest BCUT2D eigenvalue weighted by atomic mass is 9.50. The smallest absolute Gasteiger partial charge is 0.101 e. The maximum absolute atomic E-state index is 9.65. The van der Waals surface area contributed by atoms with Crippen LogP contribution in [0, 0.1) is 40.9 Å². The summed E-state index contributed by atoms with van der Waals surface area (Å²) in [6.07, 6.45) is 7.21. The Labute approximate surface area is 111 Å². The quantitative estimate of drug-likeness (QED) is 0.761. The van der Waals surface area contributed by atoms with Gasteiger partial charge in [-0.05, 0) is 74.8 Å². The minimum Gasteiger partial charge on any atom is -0.288 e. The lowest BCUT2D eigenvalue weighted by Crippen LogP contribution is -2.53. The van der Waals surface area contributed by atoms with Crippen LogP contribution in [0.4, 0.5) is 0 Å². The van der Waals surface area contributed by atoms with E-state index in [0.717, 1.165) is 36.8 Å². The Morgan fingerprint density at radius 1 is 1.00 bits per heavy atom. The van der Waals surface area contributed by atoms with E-state index in [-0.39, 0.29) is 6.04 Å². The molecule has 0 radical (unpaired) electrons. The van der Waals surface area contributed by atoms with Crippen molar-refractivity contribution in [3.05, 3.63) is 0 Å². The standard InChI is InChI=1S/C16H26N2/c1-3-18(4-2)15(10-17)16-13-6-11-5-12(8-13)9-14(16)7-11/h11-16H,3-9H2,1-2H3. The third-order valence-corrected chi connectivity index (χ3v) is 6.00. The highest BCUT2D eigenvalue weighted by Gasteiger charge is 2.51. The Bertz CT molecular complexity index is 311. The zero-order valence-corrected chi connectivity index (χ0v) is 11.8. The third kappa shape index (κ3) is 1.88. The molecule has 0 heterocycles. The lowest BCUT2D eigenvalue weighted by molar-refractivity contribution is -0.0616. The number of hydrogen-bond acceptors (Lipinski definition) is 2. The molecule has 18 heavy (non-hydrogen) atoms. The maximum Gasteiger partial charge on any atom is 0.101 e. The van der Waals surface area contributed by atoms with Crippen LogP contribution < -0.4 is 0 Å². The van der Waals surface area contributed by atoms with Crippen LogP contribution in [0.15, 0.2) is 0 Å². The van der Waals surface area contributed by atoms with Crippen molar-refractivity contribution in [3.8, 4) is 6.07 Å². The van der Waals surface area contributed by atoms with Crippen LogP contribution in [0.1, 0.15) is 46.0 Å². The van der Waals surface area contributed by atoms with E-state index in [4.69, 9.17) is 0 Å². The van der Waals surface area contributed by atoms with Gasteiger partial charge in [-0.2, -0.15) is 5.26 Å². The topological polar surface area (TPSA) is 27.0 Å². The zero-order chi connectivity index (χ0) is 12.7. The van der Waals surface area contributed by atoms with Crippen LogP contribution in [-0.2, 0) is 0 Å². The van der Waals surface area contributed by atoms with Crippen LogP contribution in [0.3, 0.4) is 0 Å². The molecular formula is C16H26N2. The largest absolute Gasteiger partial charge is 0.288 e. The average Bonchev–Trinajstić information content (AvgIpc) is 2.36. The second-order valence-electron chi connectivity index (χ2n) is 6.80. The van der Waals surface area contributed by atoms with Gasteiger partial charge in [-0.15, -0.1) is 0 Å². The first-order valence-electron chi connectivity index (χ1n) is 7.90. The van der Waals surface area contributed by atoms with Crippen molar-refractivity contribution >= 4 is 0 Å². The number of nitrogens with zero attached hydrogens (tertiary/aromatic N) is 2. The fraction of sp³-hybridized carbons (Fsp3) is 0.938. The first-order chi connectivity index (χ1) is 8.76. The van der Waals surface area contributed by atoms with E-state index >= 15 is 0 Å². The number of nitriles is 1. The summed E-state index contributed by atoms with van der Waals surface area (Å²) in [5.41, 5.74) is 0. The van der Waals surface area contributed by atoms with Gasteiger partial charge in [0.05, 0.1) is 6.07 Å². The SMILES string of the molecule is CCN(CC)C(C#N)C1C2CC3CC(C2)CC1C3. The first-order valence-corrected chi connectivity index (χ1v) is 7.90. The second kappa shape index (κ2) is 4.85. The molecule has 0 aromatic carbocycles. The molecule has 100 valence electrons. The average molecular weight is 246 g/mol. The molecule has 2 heteroatoms. The summed E-state index contributed by atoms with van der Waals surface area (Å²) in [4.78, 5) is 2.40. The zero-order valence-electron chi connectivity index (χ0n) is 11.8. The fourth-order valence-corrected chi connectivity index (χ4v) is 5.51. The Balaban J connectivity index is 1.81. The van der Waals surface area contributed by atoms with E-state index in [1.807, 2.05) is 0 Å². The molecule has 2 nitrogen and oxygen atoms in total. The van der Waals surface area contributed by atoms with Crippen molar-refractivity contribution in [1.29, 1.82) is 5.26 Å². The molecule has 4 aliphatic carbocycles. The van der Waals surface area contributed by atoms with Crippen molar-refractivity contribution in [2.24, 2.45) is 29.6 Å². The van der Waals surface area contributed by atoms with E-state index in [0.29, 0.717) is 5.92 Å². The van der Waals surface area contributed by atoms with Gasteiger partial charge in [0.2, 0.25) is 0 Å². The van der Waals surface area contributed by atoms with Gasteiger partial charge < -0.3 is 0 Å². The summed E-state index contributed by atoms with van der Waals surface area (Å²) in [7, 11) is 0. The van der Waals surface area contributed by atoms with Gasteiger partial charge >= 0.3 is 0 Å². The molecular weight excluding hydrogens is 220 g/mol. The molecule has 4 bridgehead atoms. The van der Waals surface area contributed by atoms with Crippen LogP contribution >= 0.6 is 0 Å². The molecule has 0 spiro atoms. The van der Waals surface area contributed by atoms with Crippen molar-refractivity contribution in [1.82, 2.24) is 4.90 Å². The Morgan fingerprint density at radius 2 is 1.50 bits per heavy atom. The summed E-state index contributed by atoms with van der Waals surface area (Å²) in [6.45, 7) is 6.45. The predicted molar refractivity (Wildman–Crippen MR) is 72.9 cm³/mol. The molecule has 0 N–H and O–H groups in total. The van der Waals surface area contributed by atoms with E-state index in [1.54, 1.807) is 0 Å². The number of hydrogen-bond donors (Lipinski definition) is 0. The second-order valence-corrected chi connectivity index (χ2v) is 6.80. The van der Waals surface area contributed by atoms with E-state index in [1.165, 1.54) is 32.1 Å². The molecule has 1 unspecified atom stereocenters. The van der Waals surface area contributed by atoms with Gasteiger partial charge in [0.25, 0.3) is 0 Å². The molecule has 0 aromatic heterocycles. The van der Waals surface area contributed by atoms with Crippen molar-refractivity contribution in [2.45, 2.75) is 52.0 Å². The molecule has 0 saturated heterocycles. The van der Waals surface area contributed by atoms with Gasteiger partial charge in [0, 0.05) is 0 Å². The summed E-state index contributed by atoms with van der Waals surface area (Å²) >= 11 is 0. The third-order valence-electron chi connectivity index (χ3n) is 6.00. The van der Waals surface area contributed by atoms with Gasteiger partial charge in [-0.1, -0.05) is 13.8 Å². The minimum absolute atomic E-state index is 0.190. The van der Waals surface area contributed by atoms with E-state index in [9.17, 15) is 5.26 Å². The lowest BCUT2D eigenvalue weighted by Gasteiger charge is -2.56. The summed E-state index contributed by atoms with van der Waals surface area (Å²) in [5.74, 6) is 4.44. The molecule has 0 aliphatic heterocycles. The number of rotatable bonds is 4. The Morgan fingerprint density at radius 3 is 1.89 bits per heavy atom. The monoisotopic (exact) mass is 246 g/mol. The van der Waals surface area contributed by atoms with E-state index in [2.05, 4.69) is 24.8 Å². The Kier molecular flexibility index (Phi) is 3.36. The molecule has 0 aromatic rings. The van der Waals surface area contributed by atoms with Crippen molar-refractivity contribution < 1.29 is 0 Å². The molecule has 4 aliphatic rings. The Hall–Kier alpha value is -0.550. The van der Waals surface area contributed by atoms with Crippen LogP contribution in [-0.4, -0.2) is 24.0 Å². The van der Waals surface area contributed by atoms with Crippen LogP contribution in [0.5, 0.6) is 0 Å². The maximum atomic E-state index is 9.65. The van der Waals surface area contributed by atoms with Gasteiger partial charge in [-0.3, -0.25) is 4.90 Å². The molecule has 4 saturated carbocycles. The van der Waals surface area contributed by atoms with Gasteiger partial charge in [-0.25, -0.2) is 0 Å². The first kappa shape index (κ1) is 12.5. The molecule has 4 rings (SSSR count). The predicted octanol–water partition coefficient (Wildman–Crippen LogP) is 3.29. The minimum atomic E-state index is 0.190. The van der Waals surface area contributed by atoms with Crippen molar-refractivity contribution in [3.63, 3.8) is 0 Å². The highest BCUT2D eigenvalue weighted by molar-refractivity contribution is 5.07. The van der Waals surface area contributed by atoms with E-state index < -0.39 is 0 Å². The van der Waals surface area contributed by atoms with Crippen LogP contribution in [0.25, 0.3) is 0 Å². The van der Waals surface area contributed by atoms with Crippen molar-refractivity contribution in [2.75, 3.05) is 13.1 Å². The normalized spacial score (nSPS) is 43.1. The highest BCUT2D eigenvalue weighted by atomic mass is 15.1. The van der Waals surface area contributed by atoms with Gasteiger partial charge in [0.1, 0.15) is 6.04 Å². The molecule has 4 fully saturated rings. The summed E-state index contributed by atoms with van der Waals surface area (Å²) in [5, 5.41) is 9.65. The molecule has 1 atom stereocenters. The summed E-state index contributed by atoms with van der Waals surface area (Å²) < 4.78 is 0.